The molecule has 2 fully saturated rings. The molecule has 5 nitrogen and oxygen atoms in total. The Hall–Kier alpha value is -2.04. The van der Waals surface area contributed by atoms with Crippen LogP contribution in [0.3, 0.4) is 0 Å². The third-order valence-electron chi connectivity index (χ3n) is 5.73. The quantitative estimate of drug-likeness (QED) is 0.847. The number of hydrogen-bond donors (Lipinski definition) is 0. The summed E-state index contributed by atoms with van der Waals surface area (Å²) in [6.45, 7) is 3.92. The normalized spacial score (nSPS) is 25.2. The number of carbonyl (C=O) groups excluding carboxylic acids is 2. The second-order valence-electron chi connectivity index (χ2n) is 7.38. The van der Waals surface area contributed by atoms with Gasteiger partial charge >= 0.3 is 0 Å². The van der Waals surface area contributed by atoms with Gasteiger partial charge in [0, 0.05) is 26.6 Å². The first kappa shape index (κ1) is 17.8. The van der Waals surface area contributed by atoms with Gasteiger partial charge in [-0.2, -0.15) is 0 Å². The van der Waals surface area contributed by atoms with E-state index in [-0.39, 0.29) is 23.8 Å². The van der Waals surface area contributed by atoms with Crippen LogP contribution in [0.1, 0.15) is 44.2 Å². The van der Waals surface area contributed by atoms with Gasteiger partial charge in [0.2, 0.25) is 11.8 Å². The number of ether oxygens (including phenoxy) is 1. The van der Waals surface area contributed by atoms with E-state index in [1.54, 1.807) is 12.0 Å². The molecule has 2 aliphatic heterocycles. The fraction of sp³-hybridized carbons (Fsp3) is 0.600. The van der Waals surface area contributed by atoms with Crippen LogP contribution in [-0.4, -0.2) is 48.9 Å². The summed E-state index contributed by atoms with van der Waals surface area (Å²) in [5.74, 6) is 1.62. The van der Waals surface area contributed by atoms with E-state index >= 15 is 0 Å². The summed E-state index contributed by atoms with van der Waals surface area (Å²) in [5.41, 5.74) is 1.00. The molecule has 2 atom stereocenters. The predicted molar refractivity (Wildman–Crippen MR) is 96.2 cm³/mol. The molecule has 0 aliphatic carbocycles. The minimum absolute atomic E-state index is 0.108. The molecular weight excluding hydrogens is 316 g/mol. The minimum Gasteiger partial charge on any atom is -0.497 e. The van der Waals surface area contributed by atoms with E-state index in [2.05, 4.69) is 6.92 Å². The maximum Gasteiger partial charge on any atom is 0.228 e. The molecule has 2 saturated heterocycles. The summed E-state index contributed by atoms with van der Waals surface area (Å²) in [5, 5.41) is 0. The zero-order valence-corrected chi connectivity index (χ0v) is 15.4. The smallest absolute Gasteiger partial charge is 0.228 e. The molecule has 2 aliphatic rings. The Kier molecular flexibility index (Phi) is 5.30. The van der Waals surface area contributed by atoms with Gasteiger partial charge < -0.3 is 14.5 Å². The van der Waals surface area contributed by atoms with Gasteiger partial charge in [0.05, 0.1) is 19.1 Å². The molecule has 0 radical (unpaired) electrons. The standard InChI is InChI=1S/C20H28N2O3/c1-14-10-12-22(13-11-14)20(24)17-8-9-18(23)21(2)19(17)15-4-6-16(25-3)7-5-15/h4-7,14,17,19H,8-13H2,1-3H3/t17-,19+/m0/s1. The van der Waals surface area contributed by atoms with Crippen LogP contribution in [0.5, 0.6) is 5.75 Å². The number of carbonyl (C=O) groups is 2. The second kappa shape index (κ2) is 7.46. The zero-order chi connectivity index (χ0) is 18.0. The molecule has 136 valence electrons. The molecule has 25 heavy (non-hydrogen) atoms. The Bertz CT molecular complexity index is 620. The van der Waals surface area contributed by atoms with Crippen molar-refractivity contribution >= 4 is 11.8 Å². The van der Waals surface area contributed by atoms with Gasteiger partial charge in [0.25, 0.3) is 0 Å². The van der Waals surface area contributed by atoms with Gasteiger partial charge in [0.1, 0.15) is 5.75 Å². The molecule has 5 heteroatoms. The topological polar surface area (TPSA) is 49.9 Å². The average Bonchev–Trinajstić information content (AvgIpc) is 2.64. The molecule has 1 aromatic rings. The molecule has 0 unspecified atom stereocenters. The van der Waals surface area contributed by atoms with Gasteiger partial charge in [-0.25, -0.2) is 0 Å². The largest absolute Gasteiger partial charge is 0.497 e. The number of amides is 2. The van der Waals surface area contributed by atoms with Crippen molar-refractivity contribution in [1.82, 2.24) is 9.80 Å². The first-order valence-corrected chi connectivity index (χ1v) is 9.19. The number of piperidine rings is 2. The zero-order valence-electron chi connectivity index (χ0n) is 15.4. The predicted octanol–water partition coefficient (Wildman–Crippen LogP) is 2.86. The van der Waals surface area contributed by atoms with Gasteiger partial charge in [-0.1, -0.05) is 19.1 Å². The first-order valence-electron chi connectivity index (χ1n) is 9.19. The van der Waals surface area contributed by atoms with Crippen molar-refractivity contribution in [2.45, 2.75) is 38.6 Å². The molecule has 0 bridgehead atoms. The number of benzene rings is 1. The fourth-order valence-corrected chi connectivity index (χ4v) is 4.02. The lowest BCUT2D eigenvalue weighted by atomic mass is 9.83. The van der Waals surface area contributed by atoms with Crippen LogP contribution >= 0.6 is 0 Å². The SMILES string of the molecule is COc1ccc([C@@H]2[C@@H](C(=O)N3CCC(C)CC3)CCC(=O)N2C)cc1. The molecule has 0 spiro atoms. The Morgan fingerprint density at radius 1 is 1.12 bits per heavy atom. The van der Waals surface area contributed by atoms with E-state index in [1.807, 2.05) is 36.2 Å². The lowest BCUT2D eigenvalue weighted by Crippen LogP contribution is -2.49. The van der Waals surface area contributed by atoms with Gasteiger partial charge in [-0.05, 0) is 42.9 Å². The van der Waals surface area contributed by atoms with Gasteiger partial charge in [-0.15, -0.1) is 0 Å². The third-order valence-corrected chi connectivity index (χ3v) is 5.73. The second-order valence-corrected chi connectivity index (χ2v) is 7.38. The van der Waals surface area contributed by atoms with E-state index in [4.69, 9.17) is 4.74 Å². The minimum atomic E-state index is -0.195. The van der Waals surface area contributed by atoms with Crippen molar-refractivity contribution in [3.8, 4) is 5.75 Å². The molecular formula is C20H28N2O3. The summed E-state index contributed by atoms with van der Waals surface area (Å²) in [7, 11) is 3.45. The number of rotatable bonds is 3. The van der Waals surface area contributed by atoms with Crippen LogP contribution in [-0.2, 0) is 9.59 Å². The van der Waals surface area contributed by atoms with Crippen LogP contribution in [0.4, 0.5) is 0 Å². The van der Waals surface area contributed by atoms with E-state index < -0.39 is 0 Å². The van der Waals surface area contributed by atoms with Crippen LogP contribution in [0.15, 0.2) is 24.3 Å². The lowest BCUT2D eigenvalue weighted by molar-refractivity contribution is -0.147. The lowest BCUT2D eigenvalue weighted by Gasteiger charge is -2.41. The molecule has 3 rings (SSSR count). The van der Waals surface area contributed by atoms with Crippen molar-refractivity contribution in [3.05, 3.63) is 29.8 Å². The monoisotopic (exact) mass is 344 g/mol. The molecule has 0 N–H and O–H groups in total. The highest BCUT2D eigenvalue weighted by Crippen LogP contribution is 2.38. The van der Waals surface area contributed by atoms with Gasteiger partial charge in [0.15, 0.2) is 0 Å². The summed E-state index contributed by atoms with van der Waals surface area (Å²) >= 11 is 0. The highest BCUT2D eigenvalue weighted by atomic mass is 16.5. The van der Waals surface area contributed by atoms with Crippen LogP contribution in [0.2, 0.25) is 0 Å². The highest BCUT2D eigenvalue weighted by Gasteiger charge is 2.40. The molecule has 2 heterocycles. The number of hydrogen-bond acceptors (Lipinski definition) is 3. The first-order chi connectivity index (χ1) is 12.0. The van der Waals surface area contributed by atoms with Crippen molar-refractivity contribution in [1.29, 1.82) is 0 Å². The fourth-order valence-electron chi connectivity index (χ4n) is 4.02. The average molecular weight is 344 g/mol. The number of likely N-dealkylation sites (tertiary alicyclic amines) is 2. The van der Waals surface area contributed by atoms with Crippen molar-refractivity contribution in [2.75, 3.05) is 27.2 Å². The van der Waals surface area contributed by atoms with Crippen LogP contribution < -0.4 is 4.74 Å². The Morgan fingerprint density at radius 2 is 1.76 bits per heavy atom. The van der Waals surface area contributed by atoms with Crippen molar-refractivity contribution in [2.24, 2.45) is 11.8 Å². The van der Waals surface area contributed by atoms with Crippen molar-refractivity contribution in [3.63, 3.8) is 0 Å². The van der Waals surface area contributed by atoms with E-state index in [0.29, 0.717) is 18.8 Å². The number of methoxy groups -OCH3 is 1. The number of nitrogens with zero attached hydrogens (tertiary/aromatic N) is 2. The van der Waals surface area contributed by atoms with E-state index in [0.717, 1.165) is 37.2 Å². The molecule has 2 amide bonds. The summed E-state index contributed by atoms with van der Waals surface area (Å²) in [6, 6.07) is 7.53. The molecule has 0 saturated carbocycles. The van der Waals surface area contributed by atoms with Crippen LogP contribution in [0.25, 0.3) is 0 Å². The summed E-state index contributed by atoms with van der Waals surface area (Å²) in [4.78, 5) is 29.2. The Balaban J connectivity index is 1.84. The summed E-state index contributed by atoms with van der Waals surface area (Å²) < 4.78 is 5.23. The summed E-state index contributed by atoms with van der Waals surface area (Å²) in [6.07, 6.45) is 3.22. The Labute approximate surface area is 149 Å². The van der Waals surface area contributed by atoms with Crippen LogP contribution in [0, 0.1) is 11.8 Å². The molecule has 1 aromatic carbocycles. The molecule has 0 aromatic heterocycles. The highest BCUT2D eigenvalue weighted by molar-refractivity contribution is 5.85. The van der Waals surface area contributed by atoms with E-state index in [9.17, 15) is 9.59 Å². The maximum absolute atomic E-state index is 13.2. The maximum atomic E-state index is 13.2. The third kappa shape index (κ3) is 3.65. The Morgan fingerprint density at radius 3 is 2.36 bits per heavy atom. The van der Waals surface area contributed by atoms with E-state index in [1.165, 1.54) is 0 Å². The van der Waals surface area contributed by atoms with Gasteiger partial charge in [-0.3, -0.25) is 9.59 Å². The van der Waals surface area contributed by atoms with Crippen molar-refractivity contribution < 1.29 is 14.3 Å².